The van der Waals surface area contributed by atoms with Crippen LogP contribution in [0.4, 0.5) is 4.39 Å². The van der Waals surface area contributed by atoms with Gasteiger partial charge in [0.15, 0.2) is 11.5 Å². The molecule has 1 aliphatic heterocycles. The molecule has 2 aromatic carbocycles. The second kappa shape index (κ2) is 7.38. The molecule has 0 unspecified atom stereocenters. The number of fused-ring (bicyclic) bond motifs is 1. The van der Waals surface area contributed by atoms with Crippen molar-refractivity contribution >= 4 is 15.9 Å². The van der Waals surface area contributed by atoms with Gasteiger partial charge in [-0.1, -0.05) is 5.16 Å². The van der Waals surface area contributed by atoms with Crippen LogP contribution in [-0.2, 0) is 6.54 Å². The second-order valence-electron chi connectivity index (χ2n) is 6.42. The summed E-state index contributed by atoms with van der Waals surface area (Å²) in [6.07, 6.45) is 0. The maximum Gasteiger partial charge on any atom is 0.267 e. The zero-order valence-corrected chi connectivity index (χ0v) is 16.8. The van der Waals surface area contributed by atoms with Gasteiger partial charge in [0.1, 0.15) is 12.4 Å². The molecule has 0 bridgehead atoms. The molecule has 3 heterocycles. The van der Waals surface area contributed by atoms with Crippen molar-refractivity contribution in [2.24, 2.45) is 0 Å². The van der Waals surface area contributed by atoms with Crippen molar-refractivity contribution in [1.29, 1.82) is 0 Å². The highest BCUT2D eigenvalue weighted by Crippen LogP contribution is 2.35. The molecule has 0 aliphatic carbocycles. The van der Waals surface area contributed by atoms with Crippen LogP contribution >= 0.6 is 15.9 Å². The summed E-state index contributed by atoms with van der Waals surface area (Å²) >= 11 is 3.13. The predicted molar refractivity (Wildman–Crippen MR) is 107 cm³/mol. The highest BCUT2D eigenvalue weighted by molar-refractivity contribution is 9.10. The van der Waals surface area contributed by atoms with E-state index >= 15 is 0 Å². The number of halogens is 2. The Hall–Kier alpha value is -3.53. The number of hydrogen-bond donors (Lipinski definition) is 0. The van der Waals surface area contributed by atoms with Gasteiger partial charge in [0.05, 0.1) is 10.2 Å². The Bertz CT molecular complexity index is 1320. The van der Waals surface area contributed by atoms with Crippen molar-refractivity contribution in [1.82, 2.24) is 19.9 Å². The fourth-order valence-electron chi connectivity index (χ4n) is 2.97. The molecule has 0 radical (unpaired) electrons. The first-order valence-electron chi connectivity index (χ1n) is 8.83. The lowest BCUT2D eigenvalue weighted by atomic mass is 10.1. The highest BCUT2D eigenvalue weighted by atomic mass is 79.9. The lowest BCUT2D eigenvalue weighted by Crippen LogP contribution is -2.23. The minimum Gasteiger partial charge on any atom is -0.454 e. The molecule has 0 N–H and O–H groups in total. The standard InChI is InChI=1S/C20H12BrFN4O4/c21-13-7-12(1-3-14(13)22)20-23-18(30-25-20)9-26-19(27)6-4-15(24-26)11-2-5-16-17(8-11)29-10-28-16/h1-8H,9-10H2. The van der Waals surface area contributed by atoms with Crippen LogP contribution in [0.15, 0.2) is 62.3 Å². The Balaban J connectivity index is 1.43. The van der Waals surface area contributed by atoms with Gasteiger partial charge in [0.25, 0.3) is 5.56 Å². The Kier molecular flexibility index (Phi) is 4.55. The quantitative estimate of drug-likeness (QED) is 0.449. The fraction of sp³-hybridized carbons (Fsp3) is 0.100. The number of benzene rings is 2. The molecule has 0 saturated carbocycles. The zero-order chi connectivity index (χ0) is 20.7. The average Bonchev–Trinajstić information content (AvgIpc) is 3.40. The lowest BCUT2D eigenvalue weighted by molar-refractivity contribution is 0.174. The first-order valence-corrected chi connectivity index (χ1v) is 9.62. The lowest BCUT2D eigenvalue weighted by Gasteiger charge is -2.06. The van der Waals surface area contributed by atoms with Crippen LogP contribution in [-0.4, -0.2) is 26.7 Å². The molecule has 0 spiro atoms. The molecule has 0 fully saturated rings. The van der Waals surface area contributed by atoms with E-state index < -0.39 is 5.82 Å². The summed E-state index contributed by atoms with van der Waals surface area (Å²) in [4.78, 5) is 16.6. The molecule has 0 amide bonds. The van der Waals surface area contributed by atoms with Crippen molar-refractivity contribution in [3.05, 3.63) is 75.1 Å². The number of aromatic nitrogens is 4. The topological polar surface area (TPSA) is 92.3 Å². The number of nitrogens with zero attached hydrogens (tertiary/aromatic N) is 4. The molecular weight excluding hydrogens is 459 g/mol. The van der Waals surface area contributed by atoms with E-state index in [1.807, 2.05) is 6.07 Å². The van der Waals surface area contributed by atoms with Gasteiger partial charge in [0.2, 0.25) is 18.5 Å². The second-order valence-corrected chi connectivity index (χ2v) is 7.28. The Morgan fingerprint density at radius 1 is 1.03 bits per heavy atom. The maximum absolute atomic E-state index is 13.4. The molecule has 0 atom stereocenters. The Morgan fingerprint density at radius 3 is 2.73 bits per heavy atom. The highest BCUT2D eigenvalue weighted by Gasteiger charge is 2.16. The van der Waals surface area contributed by atoms with Gasteiger partial charge >= 0.3 is 0 Å². The molecule has 10 heteroatoms. The summed E-state index contributed by atoms with van der Waals surface area (Å²) in [5.74, 6) is 1.38. The van der Waals surface area contributed by atoms with E-state index in [0.29, 0.717) is 27.2 Å². The number of rotatable bonds is 4. The first kappa shape index (κ1) is 18.5. The van der Waals surface area contributed by atoms with E-state index in [9.17, 15) is 9.18 Å². The van der Waals surface area contributed by atoms with E-state index in [1.165, 1.54) is 16.8 Å². The molecule has 2 aromatic heterocycles. The smallest absolute Gasteiger partial charge is 0.267 e. The third-order valence-electron chi connectivity index (χ3n) is 4.47. The van der Waals surface area contributed by atoms with Gasteiger partial charge in [-0.2, -0.15) is 10.1 Å². The van der Waals surface area contributed by atoms with Crippen LogP contribution in [0.25, 0.3) is 22.6 Å². The van der Waals surface area contributed by atoms with E-state index in [4.69, 9.17) is 14.0 Å². The summed E-state index contributed by atoms with van der Waals surface area (Å²) in [5.41, 5.74) is 1.61. The summed E-state index contributed by atoms with van der Waals surface area (Å²) in [5, 5.41) is 8.29. The van der Waals surface area contributed by atoms with E-state index in [1.54, 1.807) is 30.3 Å². The van der Waals surface area contributed by atoms with Crippen LogP contribution in [0.3, 0.4) is 0 Å². The molecular formula is C20H12BrFN4O4. The van der Waals surface area contributed by atoms with Crippen LogP contribution < -0.4 is 15.0 Å². The van der Waals surface area contributed by atoms with Crippen molar-refractivity contribution in [3.63, 3.8) is 0 Å². The van der Waals surface area contributed by atoms with Crippen molar-refractivity contribution in [3.8, 4) is 34.1 Å². The molecule has 30 heavy (non-hydrogen) atoms. The van der Waals surface area contributed by atoms with Gasteiger partial charge in [-0.3, -0.25) is 4.79 Å². The van der Waals surface area contributed by atoms with Crippen LogP contribution in [0.5, 0.6) is 11.5 Å². The fourth-order valence-corrected chi connectivity index (χ4v) is 3.35. The Labute approximate surface area is 177 Å². The molecule has 1 aliphatic rings. The molecule has 8 nitrogen and oxygen atoms in total. The van der Waals surface area contributed by atoms with Crippen LogP contribution in [0, 0.1) is 5.82 Å². The van der Waals surface area contributed by atoms with Crippen molar-refractivity contribution in [2.75, 3.05) is 6.79 Å². The van der Waals surface area contributed by atoms with Crippen LogP contribution in [0.2, 0.25) is 0 Å². The summed E-state index contributed by atoms with van der Waals surface area (Å²) in [6, 6.07) is 12.9. The van der Waals surface area contributed by atoms with Gasteiger partial charge < -0.3 is 14.0 Å². The molecule has 0 saturated heterocycles. The summed E-state index contributed by atoms with van der Waals surface area (Å²) in [6.45, 7) is 0.169. The van der Waals surface area contributed by atoms with E-state index in [-0.39, 0.29) is 30.6 Å². The molecule has 150 valence electrons. The minimum atomic E-state index is -0.390. The predicted octanol–water partition coefficient (Wildman–Crippen LogP) is 3.64. The first-order chi connectivity index (χ1) is 14.6. The monoisotopic (exact) mass is 470 g/mol. The minimum absolute atomic E-state index is 0.00735. The Morgan fingerprint density at radius 2 is 1.87 bits per heavy atom. The van der Waals surface area contributed by atoms with Gasteiger partial charge in [0, 0.05) is 17.2 Å². The summed E-state index contributed by atoms with van der Waals surface area (Å²) < 4.78 is 30.9. The van der Waals surface area contributed by atoms with Gasteiger partial charge in [-0.25, -0.2) is 9.07 Å². The van der Waals surface area contributed by atoms with Crippen molar-refractivity contribution in [2.45, 2.75) is 6.54 Å². The third kappa shape index (κ3) is 3.45. The summed E-state index contributed by atoms with van der Waals surface area (Å²) in [7, 11) is 0. The SMILES string of the molecule is O=c1ccc(-c2ccc3c(c2)OCO3)nn1Cc1nc(-c2ccc(F)c(Br)c2)no1. The van der Waals surface area contributed by atoms with E-state index in [2.05, 4.69) is 31.2 Å². The van der Waals surface area contributed by atoms with Gasteiger partial charge in [-0.15, -0.1) is 0 Å². The number of ether oxygens (including phenoxy) is 2. The van der Waals surface area contributed by atoms with Crippen molar-refractivity contribution < 1.29 is 18.4 Å². The normalized spacial score (nSPS) is 12.3. The van der Waals surface area contributed by atoms with Crippen LogP contribution in [0.1, 0.15) is 5.89 Å². The average molecular weight is 471 g/mol. The third-order valence-corrected chi connectivity index (χ3v) is 5.07. The van der Waals surface area contributed by atoms with E-state index in [0.717, 1.165) is 5.56 Å². The molecule has 4 aromatic rings. The zero-order valence-electron chi connectivity index (χ0n) is 15.2. The molecule has 5 rings (SSSR count). The van der Waals surface area contributed by atoms with Gasteiger partial charge in [-0.05, 0) is 58.4 Å². The maximum atomic E-state index is 13.4. The number of hydrogen-bond acceptors (Lipinski definition) is 7. The largest absolute Gasteiger partial charge is 0.454 e.